The van der Waals surface area contributed by atoms with Crippen LogP contribution < -0.4 is 20.1 Å². The van der Waals surface area contributed by atoms with E-state index in [1.807, 2.05) is 25.1 Å². The summed E-state index contributed by atoms with van der Waals surface area (Å²) in [4.78, 5) is 24.7. The van der Waals surface area contributed by atoms with E-state index in [0.717, 1.165) is 44.0 Å². The van der Waals surface area contributed by atoms with Gasteiger partial charge in [-0.25, -0.2) is 0 Å². The average molecular weight is 399 g/mol. The predicted octanol–water partition coefficient (Wildman–Crippen LogP) is 2.46. The normalized spacial score (nSPS) is 24.7. The van der Waals surface area contributed by atoms with Gasteiger partial charge in [-0.05, 0) is 37.3 Å². The van der Waals surface area contributed by atoms with Gasteiger partial charge in [-0.2, -0.15) is 4.98 Å². The molecule has 1 aromatic carbocycles. The third-order valence-electron chi connectivity index (χ3n) is 6.06. The number of nitrogens with zero attached hydrogens (tertiary/aromatic N) is 3. The maximum Gasteiger partial charge on any atom is 0.254 e. The molecule has 7 heteroatoms. The quantitative estimate of drug-likeness (QED) is 0.834. The van der Waals surface area contributed by atoms with Crippen molar-refractivity contribution in [3.63, 3.8) is 0 Å². The number of rotatable bonds is 5. The second kappa shape index (κ2) is 8.45. The second-order valence-corrected chi connectivity index (χ2v) is 8.10. The zero-order valence-electron chi connectivity index (χ0n) is 17.4. The number of anilines is 2. The average Bonchev–Trinajstić information content (AvgIpc) is 3.08. The maximum absolute atomic E-state index is 12.4. The highest BCUT2D eigenvalue weighted by Gasteiger charge is 2.34. The van der Waals surface area contributed by atoms with Gasteiger partial charge in [0.15, 0.2) is 0 Å². The van der Waals surface area contributed by atoms with Gasteiger partial charge in [-0.1, -0.05) is 25.1 Å². The number of aromatic amines is 1. The first-order valence-corrected chi connectivity index (χ1v) is 10.4. The summed E-state index contributed by atoms with van der Waals surface area (Å²) in [5.41, 5.74) is 1.07. The van der Waals surface area contributed by atoms with Crippen molar-refractivity contribution < 1.29 is 9.47 Å². The molecule has 0 saturated carbocycles. The van der Waals surface area contributed by atoms with Gasteiger partial charge in [0.1, 0.15) is 11.6 Å². The van der Waals surface area contributed by atoms with Crippen molar-refractivity contribution in [2.75, 3.05) is 43.2 Å². The number of methoxy groups -OCH3 is 1. The lowest BCUT2D eigenvalue weighted by Gasteiger charge is -2.33. The molecule has 156 valence electrons. The molecule has 0 spiro atoms. The third-order valence-corrected chi connectivity index (χ3v) is 6.06. The highest BCUT2D eigenvalue weighted by molar-refractivity contribution is 5.46. The van der Waals surface area contributed by atoms with Crippen molar-refractivity contribution in [3.05, 3.63) is 46.2 Å². The molecular formula is C22H30N4O3. The van der Waals surface area contributed by atoms with Crippen LogP contribution >= 0.6 is 0 Å². The molecular weight excluding hydrogens is 368 g/mol. The molecule has 0 amide bonds. The van der Waals surface area contributed by atoms with Gasteiger partial charge in [0.2, 0.25) is 5.95 Å². The van der Waals surface area contributed by atoms with Crippen LogP contribution in [0.3, 0.4) is 0 Å². The van der Waals surface area contributed by atoms with Crippen LogP contribution in [0.15, 0.2) is 35.1 Å². The minimum Gasteiger partial charge on any atom is -0.496 e. The third kappa shape index (κ3) is 4.24. The number of hydrogen-bond acceptors (Lipinski definition) is 6. The van der Waals surface area contributed by atoms with Crippen molar-refractivity contribution in [2.45, 2.75) is 38.8 Å². The molecule has 0 unspecified atom stereocenters. The van der Waals surface area contributed by atoms with Gasteiger partial charge in [0, 0.05) is 31.7 Å². The predicted molar refractivity (Wildman–Crippen MR) is 114 cm³/mol. The molecule has 1 N–H and O–H groups in total. The lowest BCUT2D eigenvalue weighted by molar-refractivity contribution is 0.0529. The highest BCUT2D eigenvalue weighted by Crippen LogP contribution is 2.32. The summed E-state index contributed by atoms with van der Waals surface area (Å²) in [7, 11) is 1.71. The molecule has 2 aromatic rings. The molecule has 0 aliphatic carbocycles. The number of H-pyrrole nitrogens is 1. The van der Waals surface area contributed by atoms with E-state index in [-0.39, 0.29) is 17.7 Å². The van der Waals surface area contributed by atoms with E-state index in [0.29, 0.717) is 18.5 Å². The Hall–Kier alpha value is -2.54. The number of para-hydroxylation sites is 1. The van der Waals surface area contributed by atoms with Crippen molar-refractivity contribution in [2.24, 2.45) is 5.92 Å². The topological polar surface area (TPSA) is 70.7 Å². The number of morpholine rings is 1. The van der Waals surface area contributed by atoms with Crippen LogP contribution in [-0.2, 0) is 11.2 Å². The summed E-state index contributed by atoms with van der Waals surface area (Å²) in [6.07, 6.45) is 2.06. The van der Waals surface area contributed by atoms with E-state index < -0.39 is 0 Å². The van der Waals surface area contributed by atoms with Crippen LogP contribution in [0.1, 0.15) is 25.8 Å². The van der Waals surface area contributed by atoms with Gasteiger partial charge in [0.25, 0.3) is 5.56 Å². The largest absolute Gasteiger partial charge is 0.496 e. The van der Waals surface area contributed by atoms with Gasteiger partial charge in [-0.3, -0.25) is 9.78 Å². The minimum atomic E-state index is -0.111. The Morgan fingerprint density at radius 3 is 2.90 bits per heavy atom. The fourth-order valence-electron chi connectivity index (χ4n) is 4.44. The van der Waals surface area contributed by atoms with Crippen molar-refractivity contribution >= 4 is 11.8 Å². The molecule has 7 nitrogen and oxygen atoms in total. The Bertz CT molecular complexity index is 900. The van der Waals surface area contributed by atoms with Gasteiger partial charge in [0.05, 0.1) is 19.8 Å². The molecule has 2 fully saturated rings. The fourth-order valence-corrected chi connectivity index (χ4v) is 4.44. The second-order valence-electron chi connectivity index (χ2n) is 8.10. The number of aromatic nitrogens is 2. The zero-order valence-corrected chi connectivity index (χ0v) is 17.4. The first-order valence-electron chi connectivity index (χ1n) is 10.4. The van der Waals surface area contributed by atoms with E-state index in [1.54, 1.807) is 13.2 Å². The van der Waals surface area contributed by atoms with Gasteiger partial charge in [-0.15, -0.1) is 0 Å². The summed E-state index contributed by atoms with van der Waals surface area (Å²) in [6.45, 7) is 7.35. The first kappa shape index (κ1) is 19.8. The summed E-state index contributed by atoms with van der Waals surface area (Å²) in [5, 5.41) is 0. The van der Waals surface area contributed by atoms with Crippen LogP contribution in [0.2, 0.25) is 0 Å². The highest BCUT2D eigenvalue weighted by atomic mass is 16.5. The Morgan fingerprint density at radius 2 is 2.10 bits per heavy atom. The summed E-state index contributed by atoms with van der Waals surface area (Å²) in [6, 6.07) is 10.00. The molecule has 2 aliphatic heterocycles. The molecule has 3 heterocycles. The number of benzene rings is 1. The molecule has 0 bridgehead atoms. The maximum atomic E-state index is 12.4. The number of ether oxygens (including phenoxy) is 2. The Balaban J connectivity index is 1.61. The lowest BCUT2D eigenvalue weighted by Crippen LogP contribution is -2.42. The van der Waals surface area contributed by atoms with Crippen LogP contribution in [0.5, 0.6) is 5.75 Å². The van der Waals surface area contributed by atoms with E-state index in [2.05, 4.69) is 27.8 Å². The smallest absolute Gasteiger partial charge is 0.254 e. The fraction of sp³-hybridized carbons (Fsp3) is 0.545. The van der Waals surface area contributed by atoms with E-state index in [1.165, 1.54) is 5.56 Å². The van der Waals surface area contributed by atoms with Crippen LogP contribution in [0.25, 0.3) is 0 Å². The Labute approximate surface area is 171 Å². The summed E-state index contributed by atoms with van der Waals surface area (Å²) in [5.74, 6) is 2.80. The van der Waals surface area contributed by atoms with Gasteiger partial charge >= 0.3 is 0 Å². The Kier molecular flexibility index (Phi) is 5.76. The van der Waals surface area contributed by atoms with Crippen LogP contribution in [0, 0.1) is 5.92 Å². The minimum absolute atomic E-state index is 0.111. The monoisotopic (exact) mass is 398 g/mol. The van der Waals surface area contributed by atoms with Crippen molar-refractivity contribution in [1.29, 1.82) is 0 Å². The number of nitrogens with one attached hydrogen (secondary N) is 1. The number of hydrogen-bond donors (Lipinski definition) is 1. The van der Waals surface area contributed by atoms with Crippen LogP contribution in [-0.4, -0.2) is 55.5 Å². The van der Waals surface area contributed by atoms with Crippen molar-refractivity contribution in [3.8, 4) is 5.75 Å². The lowest BCUT2D eigenvalue weighted by atomic mass is 9.95. The molecule has 1 aromatic heterocycles. The molecule has 4 rings (SSSR count). The molecule has 3 atom stereocenters. The molecule has 29 heavy (non-hydrogen) atoms. The van der Waals surface area contributed by atoms with Gasteiger partial charge < -0.3 is 19.3 Å². The zero-order chi connectivity index (χ0) is 20.4. The van der Waals surface area contributed by atoms with Crippen molar-refractivity contribution in [1.82, 2.24) is 9.97 Å². The van der Waals surface area contributed by atoms with E-state index >= 15 is 0 Å². The van der Waals surface area contributed by atoms with Crippen LogP contribution in [0.4, 0.5) is 11.8 Å². The molecule has 0 radical (unpaired) electrons. The Morgan fingerprint density at radius 1 is 1.28 bits per heavy atom. The SMILES string of the molecule is COc1ccccc1C[C@H]1[C@H](C)CCN1c1nc(N2CCO[C@H](C)C2)cc(=O)[nH]1. The summed E-state index contributed by atoms with van der Waals surface area (Å²) >= 11 is 0. The molecule has 2 saturated heterocycles. The molecule has 2 aliphatic rings. The first-order chi connectivity index (χ1) is 14.0. The van der Waals surface area contributed by atoms with E-state index in [4.69, 9.17) is 14.5 Å². The summed E-state index contributed by atoms with van der Waals surface area (Å²) < 4.78 is 11.2. The standard InChI is InChI=1S/C22H30N4O3/c1-15-8-9-26(18(15)12-17-6-4-5-7-19(17)28-3)22-23-20(13-21(27)24-22)25-10-11-29-16(2)14-25/h4-7,13,15-16,18H,8-12,14H2,1-3H3,(H,23,24,27)/t15-,16-,18+/m1/s1. The van der Waals surface area contributed by atoms with E-state index in [9.17, 15) is 4.79 Å².